The fourth-order valence-corrected chi connectivity index (χ4v) is 3.87. The maximum absolute atomic E-state index is 6.39. The molecule has 0 aromatic carbocycles. The largest absolute Gasteiger partial charge is 0.0943 e. The summed E-state index contributed by atoms with van der Waals surface area (Å²) in [6, 6.07) is 0. The second-order valence-electron chi connectivity index (χ2n) is 5.27. The van der Waals surface area contributed by atoms with Crippen molar-refractivity contribution < 1.29 is 0 Å². The molecule has 0 aromatic rings. The first-order valence-corrected chi connectivity index (χ1v) is 7.08. The van der Waals surface area contributed by atoms with E-state index in [2.05, 4.69) is 18.7 Å². The molecule has 2 atom stereocenters. The van der Waals surface area contributed by atoms with Gasteiger partial charge in [-0.1, -0.05) is 41.9 Å². The number of fused-ring (bicyclic) bond motifs is 2. The van der Waals surface area contributed by atoms with Gasteiger partial charge in [0.15, 0.2) is 0 Å². The van der Waals surface area contributed by atoms with Crippen molar-refractivity contribution in [3.05, 3.63) is 45.5 Å². The van der Waals surface area contributed by atoms with Crippen molar-refractivity contribution >= 4 is 23.2 Å². The lowest BCUT2D eigenvalue weighted by molar-refractivity contribution is 0.391. The molecule has 0 amide bonds. The van der Waals surface area contributed by atoms with Gasteiger partial charge in [-0.05, 0) is 60.7 Å². The highest BCUT2D eigenvalue weighted by atomic mass is 35.5. The van der Waals surface area contributed by atoms with E-state index in [0.717, 1.165) is 28.5 Å². The summed E-state index contributed by atoms with van der Waals surface area (Å²) in [5, 5.41) is 1.83. The van der Waals surface area contributed by atoms with Crippen molar-refractivity contribution in [1.29, 1.82) is 0 Å². The molecule has 90 valence electrons. The minimum absolute atomic E-state index is 0.629. The van der Waals surface area contributed by atoms with Gasteiger partial charge in [-0.25, -0.2) is 0 Å². The molecule has 3 rings (SSSR count). The summed E-state index contributed by atoms with van der Waals surface area (Å²) in [5.41, 5.74) is 3.67. The van der Waals surface area contributed by atoms with Gasteiger partial charge in [0.2, 0.25) is 0 Å². The lowest BCUT2D eigenvalue weighted by Crippen LogP contribution is -2.23. The van der Waals surface area contributed by atoms with Crippen molar-refractivity contribution in [1.82, 2.24) is 0 Å². The van der Waals surface area contributed by atoms with Crippen molar-refractivity contribution in [2.45, 2.75) is 32.1 Å². The van der Waals surface area contributed by atoms with Crippen LogP contribution in [0, 0.1) is 11.8 Å². The van der Waals surface area contributed by atoms with Crippen LogP contribution in [0.25, 0.3) is 0 Å². The molecule has 0 nitrogen and oxygen atoms in total. The van der Waals surface area contributed by atoms with Crippen LogP contribution in [0.5, 0.6) is 0 Å². The summed E-state index contributed by atoms with van der Waals surface area (Å²) < 4.78 is 0. The molecule has 0 saturated heterocycles. The van der Waals surface area contributed by atoms with E-state index in [1.54, 1.807) is 0 Å². The van der Waals surface area contributed by atoms with Crippen LogP contribution < -0.4 is 0 Å². The number of allylic oxidation sites excluding steroid dienone is 7. The molecule has 0 bridgehead atoms. The first-order chi connectivity index (χ1) is 8.16. The molecular weight excluding hydrogens is 251 g/mol. The first kappa shape index (κ1) is 11.6. The van der Waals surface area contributed by atoms with Crippen LogP contribution in [0.15, 0.2) is 45.5 Å². The summed E-state index contributed by atoms with van der Waals surface area (Å²) >= 11 is 12.7. The Balaban J connectivity index is 2.08. The van der Waals surface area contributed by atoms with Crippen molar-refractivity contribution in [3.63, 3.8) is 0 Å². The normalized spacial score (nSPS) is 32.7. The molecule has 0 spiro atoms. The Labute approximate surface area is 113 Å². The van der Waals surface area contributed by atoms with Crippen molar-refractivity contribution in [2.75, 3.05) is 0 Å². The van der Waals surface area contributed by atoms with E-state index in [9.17, 15) is 0 Å². The SMILES string of the molecule is C=C1CCC2CC3CCC=C(Cl)C3=CC2=C1Cl. The molecule has 0 saturated carbocycles. The number of hydrogen-bond acceptors (Lipinski definition) is 0. The second-order valence-corrected chi connectivity index (χ2v) is 6.06. The van der Waals surface area contributed by atoms with Crippen LogP contribution in [0.4, 0.5) is 0 Å². The predicted molar refractivity (Wildman–Crippen MR) is 74.1 cm³/mol. The quantitative estimate of drug-likeness (QED) is 0.558. The molecule has 0 heterocycles. The van der Waals surface area contributed by atoms with E-state index in [0.29, 0.717) is 11.8 Å². The fraction of sp³-hybridized carbons (Fsp3) is 0.467. The maximum Gasteiger partial charge on any atom is 0.0467 e. The molecule has 3 aliphatic rings. The van der Waals surface area contributed by atoms with Crippen LogP contribution in [-0.4, -0.2) is 0 Å². The Kier molecular flexibility index (Phi) is 2.96. The number of halogens is 2. The third-order valence-corrected chi connectivity index (χ3v) is 5.09. The van der Waals surface area contributed by atoms with Crippen LogP contribution >= 0.6 is 23.2 Å². The molecule has 2 heteroatoms. The van der Waals surface area contributed by atoms with Gasteiger partial charge in [-0.2, -0.15) is 0 Å². The van der Waals surface area contributed by atoms with Gasteiger partial charge < -0.3 is 0 Å². The molecule has 0 radical (unpaired) electrons. The minimum Gasteiger partial charge on any atom is -0.0943 e. The first-order valence-electron chi connectivity index (χ1n) is 6.32. The zero-order valence-corrected chi connectivity index (χ0v) is 11.3. The van der Waals surface area contributed by atoms with Crippen LogP contribution in [-0.2, 0) is 0 Å². The topological polar surface area (TPSA) is 0 Å². The van der Waals surface area contributed by atoms with Gasteiger partial charge in [0.05, 0.1) is 0 Å². The Morgan fingerprint density at radius 2 is 2.00 bits per heavy atom. The highest BCUT2D eigenvalue weighted by molar-refractivity contribution is 6.33. The molecule has 3 aliphatic carbocycles. The maximum atomic E-state index is 6.39. The molecule has 2 unspecified atom stereocenters. The molecule has 17 heavy (non-hydrogen) atoms. The van der Waals surface area contributed by atoms with E-state index in [1.165, 1.54) is 30.4 Å². The highest BCUT2D eigenvalue weighted by Gasteiger charge is 2.33. The summed E-state index contributed by atoms with van der Waals surface area (Å²) in [7, 11) is 0. The summed E-state index contributed by atoms with van der Waals surface area (Å²) in [4.78, 5) is 0. The summed E-state index contributed by atoms with van der Waals surface area (Å²) in [6.07, 6.45) is 10.2. The predicted octanol–water partition coefficient (Wildman–Crippen LogP) is 5.31. The zero-order valence-electron chi connectivity index (χ0n) is 9.81. The summed E-state index contributed by atoms with van der Waals surface area (Å²) in [5.74, 6) is 1.28. The summed E-state index contributed by atoms with van der Waals surface area (Å²) in [6.45, 7) is 4.04. The van der Waals surface area contributed by atoms with E-state index in [1.807, 2.05) is 0 Å². The molecule has 0 aliphatic heterocycles. The molecular formula is C15H16Cl2. The Hall–Kier alpha value is -0.460. The van der Waals surface area contributed by atoms with E-state index in [4.69, 9.17) is 23.2 Å². The molecule has 0 N–H and O–H groups in total. The number of hydrogen-bond donors (Lipinski definition) is 0. The van der Waals surface area contributed by atoms with Crippen LogP contribution in [0.3, 0.4) is 0 Å². The monoisotopic (exact) mass is 266 g/mol. The Bertz CT molecular complexity index is 465. The second kappa shape index (κ2) is 4.33. The lowest BCUT2D eigenvalue weighted by Gasteiger charge is -2.36. The van der Waals surface area contributed by atoms with Gasteiger partial charge in [-0.15, -0.1) is 0 Å². The third-order valence-electron chi connectivity index (χ3n) is 4.23. The van der Waals surface area contributed by atoms with Crippen LogP contribution in [0.1, 0.15) is 32.1 Å². The fourth-order valence-electron chi connectivity index (χ4n) is 3.25. The highest BCUT2D eigenvalue weighted by Crippen LogP contribution is 2.48. The standard InChI is InChI=1S/C15H16Cl2/c1-9-5-6-11-7-10-3-2-4-14(16)12(10)8-13(11)15(9)17/h4,8,10-11H,1-3,5-7H2. The zero-order chi connectivity index (χ0) is 12.0. The Morgan fingerprint density at radius 3 is 2.82 bits per heavy atom. The van der Waals surface area contributed by atoms with Gasteiger partial charge >= 0.3 is 0 Å². The van der Waals surface area contributed by atoms with E-state index < -0.39 is 0 Å². The Morgan fingerprint density at radius 1 is 1.18 bits per heavy atom. The van der Waals surface area contributed by atoms with Gasteiger partial charge in [0.25, 0.3) is 0 Å². The molecule has 0 fully saturated rings. The van der Waals surface area contributed by atoms with Crippen LogP contribution in [0.2, 0.25) is 0 Å². The van der Waals surface area contributed by atoms with Crippen molar-refractivity contribution in [3.8, 4) is 0 Å². The van der Waals surface area contributed by atoms with Gasteiger partial charge in [0, 0.05) is 10.1 Å². The van der Waals surface area contributed by atoms with Crippen molar-refractivity contribution in [2.24, 2.45) is 11.8 Å². The smallest absolute Gasteiger partial charge is 0.0467 e. The lowest BCUT2D eigenvalue weighted by atomic mass is 9.70. The minimum atomic E-state index is 0.629. The number of rotatable bonds is 0. The average molecular weight is 267 g/mol. The van der Waals surface area contributed by atoms with Gasteiger partial charge in [0.1, 0.15) is 0 Å². The third kappa shape index (κ3) is 1.92. The average Bonchev–Trinajstić information content (AvgIpc) is 2.33. The molecule has 0 aromatic heterocycles. The van der Waals surface area contributed by atoms with Gasteiger partial charge in [-0.3, -0.25) is 0 Å². The van der Waals surface area contributed by atoms with E-state index in [-0.39, 0.29) is 0 Å². The van der Waals surface area contributed by atoms with E-state index >= 15 is 0 Å².